The van der Waals surface area contributed by atoms with Crippen LogP contribution in [0.5, 0.6) is 0 Å². The first-order valence-electron chi connectivity index (χ1n) is 5.73. The number of halogens is 1. The Morgan fingerprint density at radius 2 is 2.21 bits per heavy atom. The van der Waals surface area contributed by atoms with Gasteiger partial charge in [0.05, 0.1) is 11.2 Å². The molecule has 19 heavy (non-hydrogen) atoms. The van der Waals surface area contributed by atoms with Crippen LogP contribution in [-0.2, 0) is 4.79 Å². The van der Waals surface area contributed by atoms with Crippen LogP contribution < -0.4 is 5.32 Å². The van der Waals surface area contributed by atoms with Crippen LogP contribution in [0.1, 0.15) is 30.4 Å². The molecule has 1 amide bonds. The molecule has 100 valence electrons. The quantitative estimate of drug-likeness (QED) is 0.803. The smallest absolute Gasteiger partial charge is 0.371 e. The molecule has 0 saturated carbocycles. The third-order valence-electron chi connectivity index (χ3n) is 2.51. The first kappa shape index (κ1) is 13.4. The number of aromatic amines is 1. The van der Waals surface area contributed by atoms with E-state index in [9.17, 15) is 9.59 Å². The van der Waals surface area contributed by atoms with Crippen molar-refractivity contribution in [3.8, 4) is 0 Å². The van der Waals surface area contributed by atoms with Crippen LogP contribution in [0.15, 0.2) is 12.1 Å². The summed E-state index contributed by atoms with van der Waals surface area (Å²) >= 11 is 5.93. The Morgan fingerprint density at radius 1 is 1.47 bits per heavy atom. The number of nitrogens with zero attached hydrogens (tertiary/aromatic N) is 1. The average molecular weight is 282 g/mol. The summed E-state index contributed by atoms with van der Waals surface area (Å²) in [5, 5.41) is 12.0. The fraction of sp³-hybridized carbons (Fsp3) is 0.250. The summed E-state index contributed by atoms with van der Waals surface area (Å²) in [7, 11) is 0. The number of hydrogen-bond acceptors (Lipinski definition) is 3. The molecule has 1 heterocycles. The van der Waals surface area contributed by atoms with Gasteiger partial charge in [-0.2, -0.15) is 0 Å². The summed E-state index contributed by atoms with van der Waals surface area (Å²) in [5.74, 6) is -1.52. The standard InChI is InChI=1S/C12H12ClN3O3/c1-2-3-9(17)14-7-4-6(13)5-8-10(7)16-11(15-8)12(18)19/h4-5H,2-3H2,1H3,(H,14,17)(H,15,16)(H,18,19). The van der Waals surface area contributed by atoms with E-state index in [2.05, 4.69) is 15.3 Å². The first-order valence-corrected chi connectivity index (χ1v) is 6.11. The zero-order valence-electron chi connectivity index (χ0n) is 10.2. The maximum absolute atomic E-state index is 11.6. The second-order valence-corrected chi connectivity index (χ2v) is 4.47. The summed E-state index contributed by atoms with van der Waals surface area (Å²) in [6.45, 7) is 1.89. The second kappa shape index (κ2) is 5.27. The summed E-state index contributed by atoms with van der Waals surface area (Å²) in [6, 6.07) is 3.11. The van der Waals surface area contributed by atoms with E-state index in [0.29, 0.717) is 28.2 Å². The number of carbonyl (C=O) groups excluding carboxylic acids is 1. The number of aromatic carboxylic acids is 1. The molecular weight excluding hydrogens is 270 g/mol. The number of carboxylic acid groups (broad SMARTS) is 1. The van der Waals surface area contributed by atoms with E-state index < -0.39 is 5.97 Å². The van der Waals surface area contributed by atoms with E-state index in [-0.39, 0.29) is 11.7 Å². The van der Waals surface area contributed by atoms with E-state index in [1.54, 1.807) is 12.1 Å². The highest BCUT2D eigenvalue weighted by Gasteiger charge is 2.14. The van der Waals surface area contributed by atoms with Crippen LogP contribution in [0, 0.1) is 0 Å². The summed E-state index contributed by atoms with van der Waals surface area (Å²) in [6.07, 6.45) is 1.10. The minimum Gasteiger partial charge on any atom is -0.475 e. The SMILES string of the molecule is CCCC(=O)Nc1cc(Cl)cc2[nH]c(C(=O)O)nc12. The Morgan fingerprint density at radius 3 is 2.84 bits per heavy atom. The number of hydrogen-bond donors (Lipinski definition) is 3. The highest BCUT2D eigenvalue weighted by atomic mass is 35.5. The Labute approximate surface area is 113 Å². The van der Waals surface area contributed by atoms with Gasteiger partial charge in [0.25, 0.3) is 0 Å². The van der Waals surface area contributed by atoms with Gasteiger partial charge < -0.3 is 15.4 Å². The molecule has 0 unspecified atom stereocenters. The topological polar surface area (TPSA) is 95.1 Å². The molecular formula is C12H12ClN3O3. The molecule has 6 nitrogen and oxygen atoms in total. The molecule has 1 aromatic heterocycles. The second-order valence-electron chi connectivity index (χ2n) is 4.04. The number of imidazole rings is 1. The minimum atomic E-state index is -1.17. The molecule has 2 rings (SSSR count). The van der Waals surface area contributed by atoms with Gasteiger partial charge in [0.1, 0.15) is 5.52 Å². The number of nitrogens with one attached hydrogen (secondary N) is 2. The number of aromatic nitrogens is 2. The average Bonchev–Trinajstić information content (AvgIpc) is 2.73. The number of fused-ring (bicyclic) bond motifs is 1. The molecule has 1 aromatic carbocycles. The molecule has 0 atom stereocenters. The highest BCUT2D eigenvalue weighted by molar-refractivity contribution is 6.32. The predicted octanol–water partition coefficient (Wildman–Crippen LogP) is 2.65. The Bertz CT molecular complexity index is 651. The number of carbonyl (C=O) groups is 2. The van der Waals surface area contributed by atoms with Crippen LogP contribution in [0.25, 0.3) is 11.0 Å². The molecule has 0 aliphatic carbocycles. The van der Waals surface area contributed by atoms with Crippen molar-refractivity contribution in [3.05, 3.63) is 23.0 Å². The molecule has 0 aliphatic heterocycles. The van der Waals surface area contributed by atoms with Gasteiger partial charge in [-0.05, 0) is 18.6 Å². The van der Waals surface area contributed by atoms with Gasteiger partial charge in [-0.15, -0.1) is 0 Å². The number of carboxylic acids is 1. The Hall–Kier alpha value is -2.08. The maximum atomic E-state index is 11.6. The Balaban J connectivity index is 2.46. The summed E-state index contributed by atoms with van der Waals surface area (Å²) in [5.41, 5.74) is 1.26. The van der Waals surface area contributed by atoms with Crippen molar-refractivity contribution >= 4 is 40.2 Å². The van der Waals surface area contributed by atoms with E-state index in [1.807, 2.05) is 6.92 Å². The number of benzene rings is 1. The van der Waals surface area contributed by atoms with Crippen molar-refractivity contribution in [2.75, 3.05) is 5.32 Å². The molecule has 0 saturated heterocycles. The van der Waals surface area contributed by atoms with Crippen LogP contribution in [0.4, 0.5) is 5.69 Å². The maximum Gasteiger partial charge on any atom is 0.371 e. The van der Waals surface area contributed by atoms with Gasteiger partial charge in [0, 0.05) is 11.4 Å². The molecule has 0 aliphatic rings. The van der Waals surface area contributed by atoms with Gasteiger partial charge in [-0.25, -0.2) is 9.78 Å². The summed E-state index contributed by atoms with van der Waals surface area (Å²) in [4.78, 5) is 29.1. The van der Waals surface area contributed by atoms with E-state index in [1.165, 1.54) is 0 Å². The molecule has 0 spiro atoms. The lowest BCUT2D eigenvalue weighted by molar-refractivity contribution is -0.116. The predicted molar refractivity (Wildman–Crippen MR) is 71.6 cm³/mol. The molecule has 3 N–H and O–H groups in total. The Kier molecular flexibility index (Phi) is 3.71. The molecule has 0 bridgehead atoms. The molecule has 2 aromatic rings. The van der Waals surface area contributed by atoms with Gasteiger partial charge in [0.2, 0.25) is 11.7 Å². The minimum absolute atomic E-state index is 0.161. The van der Waals surface area contributed by atoms with Crippen LogP contribution in [0.3, 0.4) is 0 Å². The van der Waals surface area contributed by atoms with Gasteiger partial charge in [-0.1, -0.05) is 18.5 Å². The summed E-state index contributed by atoms with van der Waals surface area (Å²) < 4.78 is 0. The lowest BCUT2D eigenvalue weighted by Gasteiger charge is -2.05. The lowest BCUT2D eigenvalue weighted by atomic mass is 10.2. The lowest BCUT2D eigenvalue weighted by Crippen LogP contribution is -2.11. The monoisotopic (exact) mass is 281 g/mol. The van der Waals surface area contributed by atoms with E-state index in [4.69, 9.17) is 16.7 Å². The van der Waals surface area contributed by atoms with E-state index >= 15 is 0 Å². The third kappa shape index (κ3) is 2.85. The van der Waals surface area contributed by atoms with Crippen LogP contribution in [-0.4, -0.2) is 27.0 Å². The third-order valence-corrected chi connectivity index (χ3v) is 2.72. The zero-order valence-corrected chi connectivity index (χ0v) is 10.9. The first-order chi connectivity index (χ1) is 9.01. The number of H-pyrrole nitrogens is 1. The number of anilines is 1. The van der Waals surface area contributed by atoms with E-state index in [0.717, 1.165) is 6.42 Å². The normalized spacial score (nSPS) is 10.6. The van der Waals surface area contributed by atoms with Crippen molar-refractivity contribution < 1.29 is 14.7 Å². The van der Waals surface area contributed by atoms with Crippen molar-refractivity contribution in [2.45, 2.75) is 19.8 Å². The largest absolute Gasteiger partial charge is 0.475 e. The number of amides is 1. The highest BCUT2D eigenvalue weighted by Crippen LogP contribution is 2.26. The van der Waals surface area contributed by atoms with Crippen LogP contribution in [0.2, 0.25) is 5.02 Å². The number of rotatable bonds is 4. The molecule has 0 radical (unpaired) electrons. The fourth-order valence-corrected chi connectivity index (χ4v) is 1.94. The van der Waals surface area contributed by atoms with Gasteiger partial charge >= 0.3 is 5.97 Å². The van der Waals surface area contributed by atoms with Gasteiger partial charge in [0.15, 0.2) is 0 Å². The van der Waals surface area contributed by atoms with Crippen molar-refractivity contribution in [2.24, 2.45) is 0 Å². The van der Waals surface area contributed by atoms with Crippen molar-refractivity contribution in [3.63, 3.8) is 0 Å². The van der Waals surface area contributed by atoms with Gasteiger partial charge in [-0.3, -0.25) is 4.79 Å². The fourth-order valence-electron chi connectivity index (χ4n) is 1.72. The van der Waals surface area contributed by atoms with Crippen molar-refractivity contribution in [1.29, 1.82) is 0 Å². The van der Waals surface area contributed by atoms with Crippen LogP contribution >= 0.6 is 11.6 Å². The molecule has 0 fully saturated rings. The van der Waals surface area contributed by atoms with Crippen molar-refractivity contribution in [1.82, 2.24) is 9.97 Å². The zero-order chi connectivity index (χ0) is 14.0. The molecule has 7 heteroatoms.